The highest BCUT2D eigenvalue weighted by Gasteiger charge is 2.35. The first-order valence-electron chi connectivity index (χ1n) is 11.8. The van der Waals surface area contributed by atoms with Crippen molar-refractivity contribution in [3.63, 3.8) is 0 Å². The van der Waals surface area contributed by atoms with Crippen LogP contribution in [0.3, 0.4) is 0 Å². The number of nitrogens with zero attached hydrogens (tertiary/aromatic N) is 5. The van der Waals surface area contributed by atoms with Crippen LogP contribution in [0, 0.1) is 0 Å². The number of pyridine rings is 1. The average Bonchev–Trinajstić information content (AvgIpc) is 3.44. The number of benzene rings is 2. The van der Waals surface area contributed by atoms with Gasteiger partial charge < -0.3 is 9.80 Å². The van der Waals surface area contributed by atoms with Gasteiger partial charge in [0.2, 0.25) is 0 Å². The molecule has 0 radical (unpaired) electrons. The zero-order chi connectivity index (χ0) is 21.1. The number of aromatic nitrogens is 2. The first-order valence-corrected chi connectivity index (χ1v) is 11.8. The number of imidazole rings is 1. The Kier molecular flexibility index (Phi) is 3.94. The topological polar surface area (TPSA) is 37.9 Å². The van der Waals surface area contributed by atoms with Crippen LogP contribution in [0.2, 0.25) is 0 Å². The Morgan fingerprint density at radius 2 is 1.50 bits per heavy atom. The summed E-state index contributed by atoms with van der Waals surface area (Å²) < 4.78 is 7.09. The molecule has 1 saturated heterocycles. The number of hydrogen-bond acceptors (Lipinski definition) is 3. The summed E-state index contributed by atoms with van der Waals surface area (Å²) in [6.07, 6.45) is 6.49. The molecule has 0 N–H and O–H groups in total. The van der Waals surface area contributed by atoms with Gasteiger partial charge in [0.15, 0.2) is 5.65 Å². The fraction of sp³-hybridized carbons (Fsp3) is 0.296. The van der Waals surface area contributed by atoms with Crippen LogP contribution in [0.5, 0.6) is 0 Å². The maximum Gasteiger partial charge on any atom is 0.325 e. The number of rotatable bonds is 3. The molecule has 5 nitrogen and oxygen atoms in total. The molecular formula is C27H26N5+. The number of piperazine rings is 1. The molecule has 1 fully saturated rings. The minimum absolute atomic E-state index is 0.959. The molecule has 0 amide bonds. The lowest BCUT2D eigenvalue weighted by atomic mass is 9.97. The summed E-state index contributed by atoms with van der Waals surface area (Å²) >= 11 is 0. The molecule has 0 bridgehead atoms. The molecule has 4 aromatic rings. The Balaban J connectivity index is 1.40. The second-order valence-corrected chi connectivity index (χ2v) is 9.04. The van der Waals surface area contributed by atoms with Crippen molar-refractivity contribution in [1.29, 1.82) is 0 Å². The van der Waals surface area contributed by atoms with Gasteiger partial charge >= 0.3 is 5.71 Å². The van der Waals surface area contributed by atoms with E-state index in [4.69, 9.17) is 4.98 Å². The largest absolute Gasteiger partial charge is 0.368 e. The highest BCUT2D eigenvalue weighted by molar-refractivity contribution is 6.17. The highest BCUT2D eigenvalue weighted by Crippen LogP contribution is 2.39. The van der Waals surface area contributed by atoms with E-state index in [0.717, 1.165) is 56.6 Å². The third-order valence-electron chi connectivity index (χ3n) is 7.31. The number of hydrogen-bond donors (Lipinski definition) is 0. The number of fused-ring (bicyclic) bond motifs is 4. The van der Waals surface area contributed by atoms with Crippen LogP contribution in [0.15, 0.2) is 54.6 Å². The van der Waals surface area contributed by atoms with Crippen LogP contribution in [-0.2, 0) is 12.8 Å². The number of anilines is 2. The van der Waals surface area contributed by atoms with E-state index in [2.05, 4.69) is 73.5 Å². The number of para-hydroxylation sites is 3. The van der Waals surface area contributed by atoms with Crippen molar-refractivity contribution in [3.05, 3.63) is 71.3 Å². The molecule has 7 rings (SSSR count). The van der Waals surface area contributed by atoms with E-state index in [1.165, 1.54) is 45.8 Å². The van der Waals surface area contributed by atoms with E-state index in [0.29, 0.717) is 0 Å². The lowest BCUT2D eigenvalue weighted by Gasteiger charge is -2.38. The van der Waals surface area contributed by atoms with Crippen molar-refractivity contribution >= 4 is 40.1 Å². The van der Waals surface area contributed by atoms with Gasteiger partial charge in [0, 0.05) is 31.9 Å². The van der Waals surface area contributed by atoms with E-state index in [1.807, 2.05) is 6.21 Å². The SMILES string of the molecule is C1=[N+]=C(c2c3c(c(N4CCN(c5ccccc5)CC4)n4c2nc2ccccc24)CCC3)C1. The molecular weight excluding hydrogens is 394 g/mol. The lowest BCUT2D eigenvalue weighted by molar-refractivity contribution is 0.643. The first-order chi connectivity index (χ1) is 15.9. The normalized spacial score (nSPS) is 17.7. The van der Waals surface area contributed by atoms with Crippen molar-refractivity contribution < 1.29 is 0 Å². The van der Waals surface area contributed by atoms with Gasteiger partial charge in [-0.3, -0.25) is 4.40 Å². The van der Waals surface area contributed by atoms with Crippen molar-refractivity contribution in [2.75, 3.05) is 36.0 Å². The van der Waals surface area contributed by atoms with E-state index in [-0.39, 0.29) is 0 Å². The van der Waals surface area contributed by atoms with E-state index < -0.39 is 0 Å². The summed E-state index contributed by atoms with van der Waals surface area (Å²) in [5.41, 5.74) is 10.3. The zero-order valence-corrected chi connectivity index (χ0v) is 18.2. The van der Waals surface area contributed by atoms with Gasteiger partial charge in [0.25, 0.3) is 6.21 Å². The molecule has 0 spiro atoms. The fourth-order valence-electron chi connectivity index (χ4n) is 5.74. The van der Waals surface area contributed by atoms with Gasteiger partial charge in [-0.05, 0) is 54.7 Å². The van der Waals surface area contributed by atoms with Gasteiger partial charge in [-0.25, -0.2) is 4.98 Å². The molecule has 0 atom stereocenters. The van der Waals surface area contributed by atoms with Crippen molar-refractivity contribution in [2.45, 2.75) is 25.7 Å². The third kappa shape index (κ3) is 2.58. The highest BCUT2D eigenvalue weighted by atomic mass is 15.3. The Bertz CT molecular complexity index is 1420. The molecule has 2 aromatic heterocycles. The van der Waals surface area contributed by atoms with Crippen LogP contribution in [0.1, 0.15) is 29.5 Å². The molecule has 158 valence electrons. The van der Waals surface area contributed by atoms with Gasteiger partial charge in [0.1, 0.15) is 17.8 Å². The summed E-state index contributed by atoms with van der Waals surface area (Å²) in [5, 5.41) is 0. The predicted molar refractivity (Wildman–Crippen MR) is 133 cm³/mol. The monoisotopic (exact) mass is 420 g/mol. The molecule has 4 heterocycles. The first kappa shape index (κ1) is 18.1. The van der Waals surface area contributed by atoms with Crippen LogP contribution < -0.4 is 14.5 Å². The summed E-state index contributed by atoms with van der Waals surface area (Å²) in [6.45, 7) is 4.13. The molecule has 0 unspecified atom stereocenters. The smallest absolute Gasteiger partial charge is 0.325 e. The van der Waals surface area contributed by atoms with E-state index in [1.54, 1.807) is 0 Å². The minimum Gasteiger partial charge on any atom is -0.368 e. The average molecular weight is 421 g/mol. The quantitative estimate of drug-likeness (QED) is 0.475. The van der Waals surface area contributed by atoms with Crippen molar-refractivity contribution in [3.8, 4) is 0 Å². The molecule has 32 heavy (non-hydrogen) atoms. The van der Waals surface area contributed by atoms with Crippen LogP contribution in [0.4, 0.5) is 11.5 Å². The van der Waals surface area contributed by atoms with Gasteiger partial charge in [-0.15, -0.1) is 4.67 Å². The maximum absolute atomic E-state index is 5.14. The summed E-state index contributed by atoms with van der Waals surface area (Å²) in [5.74, 6) is 1.38. The van der Waals surface area contributed by atoms with Crippen LogP contribution in [-0.4, -0.2) is 47.5 Å². The molecule has 2 aromatic carbocycles. The predicted octanol–water partition coefficient (Wildman–Crippen LogP) is 3.63. The Hall–Kier alpha value is -3.56. The molecule has 2 aliphatic heterocycles. The lowest BCUT2D eigenvalue weighted by Crippen LogP contribution is -2.47. The zero-order valence-electron chi connectivity index (χ0n) is 18.2. The minimum atomic E-state index is 0.959. The third-order valence-corrected chi connectivity index (χ3v) is 7.31. The molecule has 1 aliphatic carbocycles. The van der Waals surface area contributed by atoms with Crippen LogP contribution >= 0.6 is 0 Å². The summed E-state index contributed by atoms with van der Waals surface area (Å²) in [7, 11) is 0. The Labute approximate surface area is 187 Å². The van der Waals surface area contributed by atoms with Gasteiger partial charge in [-0.2, -0.15) is 0 Å². The second kappa shape index (κ2) is 6.98. The standard InChI is InChI=1S/C27H26N5/c1-2-7-19(8-3-1)30-15-17-31(18-16-30)27-21-10-6-9-20(21)25(23-13-14-28-23)26-29-22-11-4-5-12-24(22)32(26)27/h1-5,7-8,11-12,14H,6,9-10,13,15-18H2/q+1. The second-order valence-electron chi connectivity index (χ2n) is 9.04. The Morgan fingerprint density at radius 3 is 2.28 bits per heavy atom. The van der Waals surface area contributed by atoms with Crippen molar-refractivity contribution in [2.24, 2.45) is 0 Å². The maximum atomic E-state index is 5.14. The van der Waals surface area contributed by atoms with E-state index in [9.17, 15) is 0 Å². The van der Waals surface area contributed by atoms with Gasteiger partial charge in [0.05, 0.1) is 11.0 Å². The molecule has 3 aliphatic rings. The van der Waals surface area contributed by atoms with Crippen molar-refractivity contribution in [1.82, 2.24) is 14.1 Å². The molecule has 0 saturated carbocycles. The van der Waals surface area contributed by atoms with Crippen LogP contribution in [0.25, 0.3) is 16.7 Å². The summed E-state index contributed by atoms with van der Waals surface area (Å²) in [6, 6.07) is 19.4. The Morgan fingerprint density at radius 1 is 0.781 bits per heavy atom. The summed E-state index contributed by atoms with van der Waals surface area (Å²) in [4.78, 5) is 10.3. The molecule has 5 heteroatoms. The fourth-order valence-corrected chi connectivity index (χ4v) is 5.74. The van der Waals surface area contributed by atoms with E-state index >= 15 is 0 Å². The van der Waals surface area contributed by atoms with Gasteiger partial charge in [-0.1, -0.05) is 30.3 Å².